The molecule has 0 aliphatic carbocycles. The van der Waals surface area contributed by atoms with Crippen LogP contribution in [0.4, 0.5) is 20.2 Å². The summed E-state index contributed by atoms with van der Waals surface area (Å²) in [6.07, 6.45) is 0. The fourth-order valence-electron chi connectivity index (χ4n) is 1.71. The SMILES string of the molecule is CNc1c(F)cc(C(=O)Nc2cccc(Br)c2)cc1F. The van der Waals surface area contributed by atoms with E-state index in [0.29, 0.717) is 5.69 Å². The van der Waals surface area contributed by atoms with Gasteiger partial charge in [0.25, 0.3) is 5.91 Å². The fraction of sp³-hybridized carbons (Fsp3) is 0.0714. The van der Waals surface area contributed by atoms with E-state index in [4.69, 9.17) is 0 Å². The Morgan fingerprint density at radius 3 is 2.35 bits per heavy atom. The Hall–Kier alpha value is -1.95. The molecule has 104 valence electrons. The van der Waals surface area contributed by atoms with E-state index in [2.05, 4.69) is 26.6 Å². The van der Waals surface area contributed by atoms with Crippen molar-refractivity contribution < 1.29 is 13.6 Å². The Balaban J connectivity index is 2.26. The first-order chi connectivity index (χ1) is 9.51. The monoisotopic (exact) mass is 340 g/mol. The molecule has 0 heterocycles. The van der Waals surface area contributed by atoms with E-state index in [1.165, 1.54) is 7.05 Å². The van der Waals surface area contributed by atoms with Crippen LogP contribution in [0.3, 0.4) is 0 Å². The number of nitrogens with one attached hydrogen (secondary N) is 2. The average Bonchev–Trinajstić information content (AvgIpc) is 2.38. The molecule has 2 rings (SSSR count). The van der Waals surface area contributed by atoms with Crippen molar-refractivity contribution >= 4 is 33.2 Å². The fourth-order valence-corrected chi connectivity index (χ4v) is 2.11. The lowest BCUT2D eigenvalue weighted by Crippen LogP contribution is -2.13. The van der Waals surface area contributed by atoms with Crippen LogP contribution >= 0.6 is 15.9 Å². The second-order valence-corrected chi connectivity index (χ2v) is 4.95. The number of anilines is 2. The second kappa shape index (κ2) is 6.00. The van der Waals surface area contributed by atoms with Gasteiger partial charge >= 0.3 is 0 Å². The van der Waals surface area contributed by atoms with E-state index in [-0.39, 0.29) is 11.3 Å². The predicted molar refractivity (Wildman–Crippen MR) is 78.0 cm³/mol. The summed E-state index contributed by atoms with van der Waals surface area (Å²) in [7, 11) is 1.41. The molecule has 1 amide bonds. The predicted octanol–water partition coefficient (Wildman–Crippen LogP) is 4.02. The highest BCUT2D eigenvalue weighted by molar-refractivity contribution is 9.10. The largest absolute Gasteiger partial charge is 0.383 e. The van der Waals surface area contributed by atoms with Gasteiger partial charge in [0.1, 0.15) is 17.3 Å². The van der Waals surface area contributed by atoms with Crippen molar-refractivity contribution in [3.05, 3.63) is 58.1 Å². The van der Waals surface area contributed by atoms with Crippen molar-refractivity contribution in [3.8, 4) is 0 Å². The summed E-state index contributed by atoms with van der Waals surface area (Å²) in [5, 5.41) is 4.97. The van der Waals surface area contributed by atoms with Crippen molar-refractivity contribution in [2.75, 3.05) is 17.7 Å². The molecule has 0 aliphatic rings. The molecule has 0 atom stereocenters. The normalized spacial score (nSPS) is 10.2. The zero-order valence-electron chi connectivity index (χ0n) is 10.5. The molecule has 0 bridgehead atoms. The van der Waals surface area contributed by atoms with Crippen LogP contribution in [0.5, 0.6) is 0 Å². The van der Waals surface area contributed by atoms with E-state index >= 15 is 0 Å². The molecule has 2 N–H and O–H groups in total. The molecule has 0 saturated heterocycles. The first-order valence-electron chi connectivity index (χ1n) is 5.75. The summed E-state index contributed by atoms with van der Waals surface area (Å²) in [6.45, 7) is 0. The highest BCUT2D eigenvalue weighted by Gasteiger charge is 2.14. The van der Waals surface area contributed by atoms with Crippen molar-refractivity contribution in [1.82, 2.24) is 0 Å². The van der Waals surface area contributed by atoms with Crippen molar-refractivity contribution in [2.45, 2.75) is 0 Å². The molecule has 0 aliphatic heterocycles. The van der Waals surface area contributed by atoms with Crippen LogP contribution in [0.25, 0.3) is 0 Å². The van der Waals surface area contributed by atoms with Gasteiger partial charge in [-0.3, -0.25) is 4.79 Å². The third kappa shape index (κ3) is 3.14. The molecule has 2 aromatic carbocycles. The van der Waals surface area contributed by atoms with Gasteiger partial charge in [-0.1, -0.05) is 22.0 Å². The summed E-state index contributed by atoms with van der Waals surface area (Å²) >= 11 is 3.27. The summed E-state index contributed by atoms with van der Waals surface area (Å²) in [5.74, 6) is -2.21. The van der Waals surface area contributed by atoms with Crippen molar-refractivity contribution in [1.29, 1.82) is 0 Å². The van der Waals surface area contributed by atoms with Crippen LogP contribution in [0.1, 0.15) is 10.4 Å². The number of hydrogen-bond acceptors (Lipinski definition) is 2. The Morgan fingerprint density at radius 2 is 1.80 bits per heavy atom. The Bertz CT molecular complexity index is 638. The van der Waals surface area contributed by atoms with Gasteiger partial charge in [0.15, 0.2) is 0 Å². The van der Waals surface area contributed by atoms with Crippen LogP contribution in [0.2, 0.25) is 0 Å². The van der Waals surface area contributed by atoms with E-state index in [1.807, 2.05) is 0 Å². The first-order valence-corrected chi connectivity index (χ1v) is 6.54. The maximum absolute atomic E-state index is 13.6. The summed E-state index contributed by atoms with van der Waals surface area (Å²) in [4.78, 5) is 11.9. The third-order valence-corrected chi connectivity index (χ3v) is 3.13. The highest BCUT2D eigenvalue weighted by Crippen LogP contribution is 2.21. The zero-order valence-corrected chi connectivity index (χ0v) is 12.1. The molecular formula is C14H11BrF2N2O. The standard InChI is InChI=1S/C14H11BrF2N2O/c1-18-13-11(16)5-8(6-12(13)17)14(20)19-10-4-2-3-9(15)7-10/h2-7,18H,1H3,(H,19,20). The van der Waals surface area contributed by atoms with Gasteiger partial charge in [0.05, 0.1) is 0 Å². The van der Waals surface area contributed by atoms with Crippen molar-refractivity contribution in [2.24, 2.45) is 0 Å². The van der Waals surface area contributed by atoms with E-state index in [0.717, 1.165) is 16.6 Å². The van der Waals surface area contributed by atoms with Gasteiger partial charge < -0.3 is 10.6 Å². The molecule has 2 aromatic rings. The van der Waals surface area contributed by atoms with Crippen LogP contribution < -0.4 is 10.6 Å². The number of halogens is 3. The minimum absolute atomic E-state index is 0.0843. The lowest BCUT2D eigenvalue weighted by molar-refractivity contribution is 0.102. The van der Waals surface area contributed by atoms with Crippen LogP contribution in [0.15, 0.2) is 40.9 Å². The molecule has 0 radical (unpaired) electrons. The molecule has 0 unspecified atom stereocenters. The number of carbonyl (C=O) groups excluding carboxylic acids is 1. The zero-order chi connectivity index (χ0) is 14.7. The van der Waals surface area contributed by atoms with Gasteiger partial charge in [-0.2, -0.15) is 0 Å². The molecule has 0 fully saturated rings. The van der Waals surface area contributed by atoms with Crippen LogP contribution in [-0.2, 0) is 0 Å². The van der Waals surface area contributed by atoms with Gasteiger partial charge in [-0.25, -0.2) is 8.78 Å². The Kier molecular flexibility index (Phi) is 4.34. The van der Waals surface area contributed by atoms with Crippen molar-refractivity contribution in [3.63, 3.8) is 0 Å². The summed E-state index contributed by atoms with van der Waals surface area (Å²) in [6, 6.07) is 8.88. The van der Waals surface area contributed by atoms with Gasteiger partial charge in [0, 0.05) is 22.8 Å². The van der Waals surface area contributed by atoms with Gasteiger partial charge in [-0.15, -0.1) is 0 Å². The minimum atomic E-state index is -0.813. The third-order valence-electron chi connectivity index (χ3n) is 2.64. The van der Waals surface area contributed by atoms with E-state index in [1.54, 1.807) is 24.3 Å². The minimum Gasteiger partial charge on any atom is -0.383 e. The number of carbonyl (C=O) groups is 1. The molecule has 0 aromatic heterocycles. The maximum Gasteiger partial charge on any atom is 0.255 e. The highest BCUT2D eigenvalue weighted by atomic mass is 79.9. The van der Waals surface area contributed by atoms with E-state index in [9.17, 15) is 13.6 Å². The van der Waals surface area contributed by atoms with Crippen LogP contribution in [0, 0.1) is 11.6 Å². The topological polar surface area (TPSA) is 41.1 Å². The number of hydrogen-bond donors (Lipinski definition) is 2. The lowest BCUT2D eigenvalue weighted by atomic mass is 10.1. The van der Waals surface area contributed by atoms with Crippen LogP contribution in [-0.4, -0.2) is 13.0 Å². The summed E-state index contributed by atoms with van der Waals surface area (Å²) < 4.78 is 28.0. The summed E-state index contributed by atoms with van der Waals surface area (Å²) in [5.41, 5.74) is 0.186. The quantitative estimate of drug-likeness (QED) is 0.885. The maximum atomic E-state index is 13.6. The molecule has 0 spiro atoms. The average molecular weight is 341 g/mol. The Labute approximate surface area is 123 Å². The van der Waals surface area contributed by atoms with Gasteiger partial charge in [-0.05, 0) is 30.3 Å². The first kappa shape index (κ1) is 14.5. The van der Waals surface area contributed by atoms with E-state index < -0.39 is 17.5 Å². The molecule has 20 heavy (non-hydrogen) atoms. The smallest absolute Gasteiger partial charge is 0.255 e. The molecular weight excluding hydrogens is 330 g/mol. The second-order valence-electron chi connectivity index (χ2n) is 4.03. The lowest BCUT2D eigenvalue weighted by Gasteiger charge is -2.08. The molecule has 3 nitrogen and oxygen atoms in total. The Morgan fingerprint density at radius 1 is 1.15 bits per heavy atom. The van der Waals surface area contributed by atoms with Gasteiger partial charge in [0.2, 0.25) is 0 Å². The number of benzene rings is 2. The molecule has 0 saturated carbocycles. The number of amides is 1. The molecule has 6 heteroatoms. The number of rotatable bonds is 3.